The van der Waals surface area contributed by atoms with Gasteiger partial charge in [-0.25, -0.2) is 9.19 Å². The zero-order valence-electron chi connectivity index (χ0n) is 29.0. The van der Waals surface area contributed by atoms with Gasteiger partial charge in [0, 0.05) is 48.7 Å². The van der Waals surface area contributed by atoms with Crippen LogP contribution in [0.5, 0.6) is 5.75 Å². The number of anilines is 1. The lowest BCUT2D eigenvalue weighted by molar-refractivity contribution is 0.0133. The maximum Gasteiger partial charge on any atom is 0.286 e. The highest BCUT2D eigenvalue weighted by molar-refractivity contribution is 7.92. The highest BCUT2D eigenvalue weighted by Gasteiger charge is 2.38. The average Bonchev–Trinajstić information content (AvgIpc) is 3.53. The van der Waals surface area contributed by atoms with Crippen LogP contribution in [0.15, 0.2) is 83.8 Å². The fourth-order valence-electron chi connectivity index (χ4n) is 7.46. The summed E-state index contributed by atoms with van der Waals surface area (Å²) < 4.78 is 35.7. The van der Waals surface area contributed by atoms with Gasteiger partial charge in [0.25, 0.3) is 11.8 Å². The van der Waals surface area contributed by atoms with E-state index in [-0.39, 0.29) is 23.3 Å². The molecular formula is C39H44ClN5O5S. The Bertz CT molecular complexity index is 2060. The van der Waals surface area contributed by atoms with Crippen molar-refractivity contribution in [1.82, 2.24) is 14.1 Å². The van der Waals surface area contributed by atoms with Crippen molar-refractivity contribution >= 4 is 44.5 Å². The molecule has 1 aliphatic carbocycles. The van der Waals surface area contributed by atoms with E-state index in [4.69, 9.17) is 21.1 Å². The lowest BCUT2D eigenvalue weighted by Crippen LogP contribution is -2.43. The summed E-state index contributed by atoms with van der Waals surface area (Å²) in [7, 11) is -1.80. The summed E-state index contributed by atoms with van der Waals surface area (Å²) >= 11 is 6.47. The molecule has 0 saturated heterocycles. The van der Waals surface area contributed by atoms with E-state index in [9.17, 15) is 13.8 Å². The fraction of sp³-hybridized carbons (Fsp3) is 0.410. The van der Waals surface area contributed by atoms with Crippen molar-refractivity contribution < 1.29 is 23.3 Å². The van der Waals surface area contributed by atoms with Crippen molar-refractivity contribution in [3.63, 3.8) is 0 Å². The molecule has 4 heterocycles. The van der Waals surface area contributed by atoms with Crippen molar-refractivity contribution in [3.8, 4) is 5.75 Å². The molecule has 2 aromatic heterocycles. The van der Waals surface area contributed by atoms with Crippen molar-refractivity contribution in [2.45, 2.75) is 58.1 Å². The van der Waals surface area contributed by atoms with E-state index in [1.54, 1.807) is 54.5 Å². The Morgan fingerprint density at radius 2 is 1.98 bits per heavy atom. The van der Waals surface area contributed by atoms with E-state index < -0.39 is 21.7 Å². The van der Waals surface area contributed by atoms with Gasteiger partial charge in [-0.3, -0.25) is 14.3 Å². The number of amides is 2. The number of aromatic nitrogens is 2. The number of aryl methyl sites for hydroxylation is 1. The van der Waals surface area contributed by atoms with Crippen molar-refractivity contribution in [2.75, 3.05) is 30.9 Å². The summed E-state index contributed by atoms with van der Waals surface area (Å²) in [6, 6.07) is 14.9. The molecule has 2 aromatic carbocycles. The molecule has 7 rings (SSSR count). The molecule has 12 heteroatoms. The first kappa shape index (κ1) is 35.2. The molecule has 1 fully saturated rings. The van der Waals surface area contributed by atoms with Gasteiger partial charge in [0.2, 0.25) is 0 Å². The third-order valence-corrected chi connectivity index (χ3v) is 12.5. The standard InChI is InChI=1S/C39H44ClN5O5S/c1-26-6-5-8-36(49-2)34-13-10-30(34)22-44-21-29-9-12-32(40)18-27(29)7-3-4-17-50-37-14-11-28(20-35(37)44)38(46)42-51(48,24-26)43-39(47)31-19-33-15-16-41-25-45(33)23-31/h5,8-9,11-12,14-16,18-20,23,25-26,30,34,36H,3-4,6-7,10,13,17,21-22,24H2,1-2H3,(H,42,43,46,47,48)/b8-5+/t26-,30-,34+,36-,51-/m0/s1. The lowest BCUT2D eigenvalue weighted by Gasteiger charge is -2.43. The van der Waals surface area contributed by atoms with Crippen LogP contribution in [0, 0.1) is 17.8 Å². The Kier molecular flexibility index (Phi) is 10.5. The van der Waals surface area contributed by atoms with E-state index in [0.717, 1.165) is 49.9 Å². The third kappa shape index (κ3) is 8.00. The van der Waals surface area contributed by atoms with Gasteiger partial charge >= 0.3 is 0 Å². The number of nitrogens with one attached hydrogen (secondary N) is 1. The Labute approximate surface area is 304 Å². The number of benzene rings is 2. The topological polar surface area (TPSA) is 115 Å². The van der Waals surface area contributed by atoms with Gasteiger partial charge in [0.05, 0.1) is 36.0 Å². The van der Waals surface area contributed by atoms with Gasteiger partial charge in [-0.15, -0.1) is 4.36 Å². The van der Waals surface area contributed by atoms with Gasteiger partial charge in [-0.05, 0) is 110 Å². The second-order valence-corrected chi connectivity index (χ2v) is 16.5. The molecule has 0 radical (unpaired) electrons. The zero-order chi connectivity index (χ0) is 35.5. The molecule has 10 nitrogen and oxygen atoms in total. The van der Waals surface area contributed by atoms with Crippen LogP contribution in [0.1, 0.15) is 70.9 Å². The quantitative estimate of drug-likeness (QED) is 0.220. The highest BCUT2D eigenvalue weighted by Crippen LogP contribution is 2.42. The Hall–Kier alpha value is -4.19. The minimum absolute atomic E-state index is 0.00697. The van der Waals surface area contributed by atoms with Crippen LogP contribution in [-0.2, 0) is 27.6 Å². The number of methoxy groups -OCH3 is 1. The van der Waals surface area contributed by atoms with E-state index in [2.05, 4.69) is 43.3 Å². The SMILES string of the molecule is CO[C@H]1/C=C/C[C@H](C)C[S@@](=O)(NC(=O)c2cc3ccncn3c2)=NC(=O)c2ccc3c(c2)N(Cc2ccc(Cl)cc2CCCCO3)C[C@@H]2CC[C@H]21. The van der Waals surface area contributed by atoms with Crippen LogP contribution in [0.25, 0.3) is 5.52 Å². The van der Waals surface area contributed by atoms with E-state index in [1.165, 1.54) is 11.1 Å². The molecule has 2 amide bonds. The summed E-state index contributed by atoms with van der Waals surface area (Å²) in [4.78, 5) is 34.0. The molecule has 0 unspecified atom stereocenters. The van der Waals surface area contributed by atoms with Crippen LogP contribution in [0.4, 0.5) is 5.69 Å². The van der Waals surface area contributed by atoms with E-state index in [0.29, 0.717) is 47.7 Å². The zero-order valence-corrected chi connectivity index (χ0v) is 30.6. The van der Waals surface area contributed by atoms with Gasteiger partial charge in [-0.1, -0.05) is 36.7 Å². The van der Waals surface area contributed by atoms with Crippen molar-refractivity contribution in [3.05, 3.63) is 107 Å². The van der Waals surface area contributed by atoms with Gasteiger partial charge < -0.3 is 18.8 Å². The minimum Gasteiger partial charge on any atom is -0.491 e. The monoisotopic (exact) mass is 729 g/mol. The summed E-state index contributed by atoms with van der Waals surface area (Å²) in [5.41, 5.74) is 4.49. The predicted octanol–water partition coefficient (Wildman–Crippen LogP) is 7.30. The number of ether oxygens (including phenoxy) is 2. The van der Waals surface area contributed by atoms with Gasteiger partial charge in [0.1, 0.15) is 15.7 Å². The first-order valence-electron chi connectivity index (χ1n) is 17.7. The smallest absolute Gasteiger partial charge is 0.286 e. The molecule has 2 aliphatic heterocycles. The molecule has 1 N–H and O–H groups in total. The second-order valence-electron chi connectivity index (χ2n) is 14.0. The number of carbonyl (C=O) groups excluding carboxylic acids is 2. The number of fused-ring (bicyclic) bond motifs is 4. The molecule has 51 heavy (non-hydrogen) atoms. The number of hydrogen-bond donors (Lipinski definition) is 1. The van der Waals surface area contributed by atoms with Crippen molar-refractivity contribution in [2.24, 2.45) is 22.1 Å². The van der Waals surface area contributed by atoms with Crippen LogP contribution >= 0.6 is 11.6 Å². The first-order chi connectivity index (χ1) is 24.7. The number of rotatable bonds is 3. The molecule has 4 aromatic rings. The minimum atomic E-state index is -3.56. The Balaban J connectivity index is 1.31. The number of halogens is 1. The third-order valence-electron chi connectivity index (χ3n) is 10.3. The Morgan fingerprint density at radius 1 is 1.10 bits per heavy atom. The fourth-order valence-corrected chi connectivity index (χ4v) is 9.55. The van der Waals surface area contributed by atoms with E-state index in [1.807, 2.05) is 19.1 Å². The number of hydrogen-bond acceptors (Lipinski definition) is 7. The van der Waals surface area contributed by atoms with Crippen LogP contribution in [0.2, 0.25) is 5.02 Å². The lowest BCUT2D eigenvalue weighted by atomic mass is 9.70. The molecule has 3 aliphatic rings. The molecule has 5 atom stereocenters. The Morgan fingerprint density at radius 3 is 2.78 bits per heavy atom. The number of allylic oxidation sites excluding steroid dienone is 1. The predicted molar refractivity (Wildman–Crippen MR) is 200 cm³/mol. The largest absolute Gasteiger partial charge is 0.491 e. The van der Waals surface area contributed by atoms with Crippen LogP contribution in [-0.4, -0.2) is 57.5 Å². The van der Waals surface area contributed by atoms with Crippen molar-refractivity contribution in [1.29, 1.82) is 0 Å². The maximum absolute atomic E-state index is 14.6. The van der Waals surface area contributed by atoms with Crippen LogP contribution in [0.3, 0.4) is 0 Å². The first-order valence-corrected chi connectivity index (χ1v) is 19.8. The summed E-state index contributed by atoms with van der Waals surface area (Å²) in [5.74, 6) is -0.0409. The maximum atomic E-state index is 14.6. The molecular weight excluding hydrogens is 686 g/mol. The summed E-state index contributed by atoms with van der Waals surface area (Å²) in [5, 5.41) is 0.712. The van der Waals surface area contributed by atoms with Crippen LogP contribution < -0.4 is 14.4 Å². The van der Waals surface area contributed by atoms with E-state index >= 15 is 0 Å². The van der Waals surface area contributed by atoms with Gasteiger partial charge in [0.15, 0.2) is 0 Å². The highest BCUT2D eigenvalue weighted by atomic mass is 35.5. The van der Waals surface area contributed by atoms with Gasteiger partial charge in [-0.2, -0.15) is 0 Å². The average molecular weight is 730 g/mol. The number of nitrogens with zero attached hydrogens (tertiary/aromatic N) is 4. The molecule has 2 bridgehead atoms. The molecule has 1 saturated carbocycles. The summed E-state index contributed by atoms with van der Waals surface area (Å²) in [6.45, 7) is 3.81. The summed E-state index contributed by atoms with van der Waals surface area (Å²) in [6.07, 6.45) is 14.4. The molecule has 0 spiro atoms. The normalized spacial score (nSPS) is 26.3. The number of carbonyl (C=O) groups is 2. The molecule has 268 valence electrons. The second kappa shape index (κ2) is 15.2.